The summed E-state index contributed by atoms with van der Waals surface area (Å²) in [5.41, 5.74) is 0. The lowest BCUT2D eigenvalue weighted by atomic mass is 10.0. The first-order valence-electron chi connectivity index (χ1n) is 30.9. The number of allylic oxidation sites excluding steroid dienone is 7. The first kappa shape index (κ1) is 67.8. The van der Waals surface area contributed by atoms with E-state index in [0.717, 1.165) is 89.9 Å². The molecule has 3 N–H and O–H groups in total. The van der Waals surface area contributed by atoms with Gasteiger partial charge in [0.15, 0.2) is 0 Å². The number of aliphatic hydroxyl groups excluding tert-OH is 2. The predicted molar refractivity (Wildman–Crippen MR) is 306 cm³/mol. The Morgan fingerprint density at radius 3 is 1.13 bits per heavy atom. The number of rotatable bonds is 57. The minimum Gasteiger partial charge on any atom is -0.466 e. The Hall–Kier alpha value is -2.18. The molecule has 2 unspecified atom stereocenters. The van der Waals surface area contributed by atoms with Gasteiger partial charge in [0, 0.05) is 12.8 Å². The highest BCUT2D eigenvalue weighted by Crippen LogP contribution is 2.17. The van der Waals surface area contributed by atoms with Crippen molar-refractivity contribution in [2.45, 2.75) is 334 Å². The van der Waals surface area contributed by atoms with Crippen LogP contribution in [0.4, 0.5) is 0 Å². The van der Waals surface area contributed by atoms with Crippen LogP contribution in [-0.4, -0.2) is 47.4 Å². The van der Waals surface area contributed by atoms with Crippen molar-refractivity contribution in [3.8, 4) is 0 Å². The summed E-state index contributed by atoms with van der Waals surface area (Å²) in [5, 5.41) is 23.2. The van der Waals surface area contributed by atoms with Crippen LogP contribution in [0.5, 0.6) is 0 Å². The Morgan fingerprint density at radius 1 is 0.400 bits per heavy atom. The maximum atomic E-state index is 12.5. The number of amides is 1. The molecule has 0 aliphatic rings. The molecular formula is C64H119NO5. The molecule has 0 radical (unpaired) electrons. The SMILES string of the molecule is CCCCC/C=C\C/C=C\CCCCCCCCCC(=O)OCCCC/C=C\CCCCCCCC(=O)NC(CO)C(O)/C=C/CCCCCCCCCCCCCCCCCCCCCCCCC. The number of hydrogen-bond acceptors (Lipinski definition) is 5. The number of unbranched alkanes of at least 4 members (excludes halogenated alkanes) is 40. The van der Waals surface area contributed by atoms with Gasteiger partial charge in [-0.3, -0.25) is 9.59 Å². The molecular weight excluding hydrogens is 863 g/mol. The summed E-state index contributed by atoms with van der Waals surface area (Å²) < 4.78 is 5.45. The van der Waals surface area contributed by atoms with Crippen LogP contribution in [0, 0.1) is 0 Å². The van der Waals surface area contributed by atoms with Gasteiger partial charge in [-0.1, -0.05) is 268 Å². The molecule has 0 fully saturated rings. The largest absolute Gasteiger partial charge is 0.466 e. The van der Waals surface area contributed by atoms with E-state index in [4.69, 9.17) is 4.74 Å². The van der Waals surface area contributed by atoms with E-state index in [1.54, 1.807) is 6.08 Å². The van der Waals surface area contributed by atoms with E-state index in [2.05, 4.69) is 55.6 Å². The van der Waals surface area contributed by atoms with E-state index in [0.29, 0.717) is 19.4 Å². The van der Waals surface area contributed by atoms with Crippen LogP contribution >= 0.6 is 0 Å². The number of esters is 1. The summed E-state index contributed by atoms with van der Waals surface area (Å²) >= 11 is 0. The number of aliphatic hydroxyl groups is 2. The zero-order valence-electron chi connectivity index (χ0n) is 46.7. The Labute approximate surface area is 436 Å². The van der Waals surface area contributed by atoms with Crippen LogP contribution in [0.1, 0.15) is 322 Å². The Bertz CT molecular complexity index is 1180. The third-order valence-corrected chi connectivity index (χ3v) is 14.1. The van der Waals surface area contributed by atoms with Gasteiger partial charge in [0.1, 0.15) is 0 Å². The molecule has 6 heteroatoms. The molecule has 0 bridgehead atoms. The fourth-order valence-corrected chi connectivity index (χ4v) is 9.31. The average Bonchev–Trinajstić information content (AvgIpc) is 3.36. The highest BCUT2D eigenvalue weighted by molar-refractivity contribution is 5.76. The van der Waals surface area contributed by atoms with Crippen molar-refractivity contribution >= 4 is 11.9 Å². The van der Waals surface area contributed by atoms with Crippen molar-refractivity contribution in [2.24, 2.45) is 0 Å². The second-order valence-corrected chi connectivity index (χ2v) is 21.0. The van der Waals surface area contributed by atoms with Crippen molar-refractivity contribution in [1.29, 1.82) is 0 Å². The van der Waals surface area contributed by atoms with E-state index in [9.17, 15) is 19.8 Å². The Morgan fingerprint density at radius 2 is 0.714 bits per heavy atom. The van der Waals surface area contributed by atoms with Crippen molar-refractivity contribution in [2.75, 3.05) is 13.2 Å². The van der Waals surface area contributed by atoms with Crippen LogP contribution in [0.15, 0.2) is 48.6 Å². The second-order valence-electron chi connectivity index (χ2n) is 21.0. The van der Waals surface area contributed by atoms with E-state index in [1.165, 1.54) is 205 Å². The monoisotopic (exact) mass is 982 g/mol. The minimum absolute atomic E-state index is 0.0405. The summed E-state index contributed by atoms with van der Waals surface area (Å²) in [7, 11) is 0. The standard InChI is InChI=1S/C64H119NO5/c1-3-5-7-9-11-13-15-17-19-21-22-23-24-25-26-27-28-30-31-33-36-40-44-48-52-56-62(67)61(60-66)65-63(68)57-53-49-45-41-37-35-39-43-47-51-55-59-70-64(69)58-54-50-46-42-38-34-32-29-20-18-16-14-12-10-8-6-4-2/h12,14,18,20,39,43,52,56,61-62,66-67H,3-11,13,15-17,19,21-38,40-42,44-51,53-55,57-60H2,1-2H3,(H,65,68)/b14-12-,20-18-,43-39-,56-52+. The zero-order valence-corrected chi connectivity index (χ0v) is 46.7. The molecule has 0 aromatic rings. The molecule has 0 saturated heterocycles. The summed E-state index contributed by atoms with van der Waals surface area (Å²) in [4.78, 5) is 24.6. The number of carbonyl (C=O) groups excluding carboxylic acids is 2. The fraction of sp³-hybridized carbons (Fsp3) is 0.844. The first-order chi connectivity index (χ1) is 34.5. The quantitative estimate of drug-likeness (QED) is 0.0321. The van der Waals surface area contributed by atoms with Gasteiger partial charge in [-0.15, -0.1) is 0 Å². The Kier molecular flexibility index (Phi) is 57.5. The summed E-state index contributed by atoms with van der Waals surface area (Å²) in [6.45, 7) is 4.81. The normalized spacial score (nSPS) is 12.9. The fourth-order valence-electron chi connectivity index (χ4n) is 9.31. The molecule has 0 aromatic heterocycles. The molecule has 0 rings (SSSR count). The average molecular weight is 983 g/mol. The zero-order chi connectivity index (χ0) is 50.7. The molecule has 0 heterocycles. The molecule has 0 aliphatic heterocycles. The number of ether oxygens (including phenoxy) is 1. The van der Waals surface area contributed by atoms with Gasteiger partial charge in [-0.25, -0.2) is 0 Å². The van der Waals surface area contributed by atoms with Crippen LogP contribution in [0.25, 0.3) is 0 Å². The molecule has 0 aliphatic carbocycles. The van der Waals surface area contributed by atoms with E-state index >= 15 is 0 Å². The molecule has 2 atom stereocenters. The molecule has 410 valence electrons. The molecule has 0 aromatic carbocycles. The predicted octanol–water partition coefficient (Wildman–Crippen LogP) is 19.4. The molecule has 1 amide bonds. The van der Waals surface area contributed by atoms with Crippen LogP contribution in [-0.2, 0) is 14.3 Å². The molecule has 6 nitrogen and oxygen atoms in total. The minimum atomic E-state index is -0.866. The first-order valence-corrected chi connectivity index (χ1v) is 30.9. The topological polar surface area (TPSA) is 95.9 Å². The van der Waals surface area contributed by atoms with Gasteiger partial charge < -0.3 is 20.3 Å². The van der Waals surface area contributed by atoms with Crippen molar-refractivity contribution < 1.29 is 24.5 Å². The van der Waals surface area contributed by atoms with Crippen LogP contribution < -0.4 is 5.32 Å². The summed E-state index contributed by atoms with van der Waals surface area (Å²) in [6.07, 6.45) is 75.8. The lowest BCUT2D eigenvalue weighted by Gasteiger charge is -2.20. The number of carbonyl (C=O) groups is 2. The lowest BCUT2D eigenvalue weighted by molar-refractivity contribution is -0.143. The summed E-state index contributed by atoms with van der Waals surface area (Å²) in [5.74, 6) is -0.136. The van der Waals surface area contributed by atoms with Crippen molar-refractivity contribution in [1.82, 2.24) is 5.32 Å². The lowest BCUT2D eigenvalue weighted by Crippen LogP contribution is -2.45. The Balaban J connectivity index is 3.53. The van der Waals surface area contributed by atoms with Gasteiger partial charge in [0.25, 0.3) is 0 Å². The van der Waals surface area contributed by atoms with Crippen molar-refractivity contribution in [3.05, 3.63) is 48.6 Å². The van der Waals surface area contributed by atoms with Gasteiger partial charge in [0.2, 0.25) is 5.91 Å². The number of hydrogen-bond donors (Lipinski definition) is 3. The van der Waals surface area contributed by atoms with Crippen LogP contribution in [0.2, 0.25) is 0 Å². The highest BCUT2D eigenvalue weighted by atomic mass is 16.5. The molecule has 70 heavy (non-hydrogen) atoms. The smallest absolute Gasteiger partial charge is 0.305 e. The van der Waals surface area contributed by atoms with Gasteiger partial charge in [0.05, 0.1) is 25.4 Å². The van der Waals surface area contributed by atoms with Gasteiger partial charge >= 0.3 is 5.97 Å². The van der Waals surface area contributed by atoms with Gasteiger partial charge in [-0.2, -0.15) is 0 Å². The van der Waals surface area contributed by atoms with Gasteiger partial charge in [-0.05, 0) is 89.9 Å². The maximum Gasteiger partial charge on any atom is 0.305 e. The third-order valence-electron chi connectivity index (χ3n) is 14.1. The van der Waals surface area contributed by atoms with Crippen LogP contribution in [0.3, 0.4) is 0 Å². The second kappa shape index (κ2) is 59.4. The highest BCUT2D eigenvalue weighted by Gasteiger charge is 2.18. The third kappa shape index (κ3) is 55.1. The maximum absolute atomic E-state index is 12.5. The van der Waals surface area contributed by atoms with E-state index < -0.39 is 12.1 Å². The molecule has 0 spiro atoms. The van der Waals surface area contributed by atoms with Crippen molar-refractivity contribution in [3.63, 3.8) is 0 Å². The number of nitrogens with one attached hydrogen (secondary N) is 1. The summed E-state index contributed by atoms with van der Waals surface area (Å²) in [6, 6.07) is -0.652. The van der Waals surface area contributed by atoms with E-state index in [-0.39, 0.29) is 18.5 Å². The van der Waals surface area contributed by atoms with E-state index in [1.807, 2.05) is 6.08 Å². The molecule has 0 saturated carbocycles.